The summed E-state index contributed by atoms with van der Waals surface area (Å²) >= 11 is 1.45. The molecule has 0 saturated heterocycles. The third-order valence-electron chi connectivity index (χ3n) is 5.03. The second-order valence-corrected chi connectivity index (χ2v) is 7.36. The third-order valence-corrected chi connectivity index (χ3v) is 6.04. The van der Waals surface area contributed by atoms with Gasteiger partial charge in [-0.15, -0.1) is 10.2 Å². The summed E-state index contributed by atoms with van der Waals surface area (Å²) in [5.41, 5.74) is 0.312. The summed E-state index contributed by atoms with van der Waals surface area (Å²) in [4.78, 5) is 12.9. The molecule has 24 heavy (non-hydrogen) atoms. The van der Waals surface area contributed by atoms with E-state index < -0.39 is 5.41 Å². The lowest BCUT2D eigenvalue weighted by Gasteiger charge is -2.40. The molecule has 128 valence electrons. The molecule has 1 aliphatic carbocycles. The molecule has 0 aliphatic heterocycles. The molecule has 2 aromatic rings. The minimum absolute atomic E-state index is 0.0624. The Morgan fingerprint density at radius 3 is 2.46 bits per heavy atom. The number of nitrogens with zero attached hydrogens (tertiary/aromatic N) is 2. The van der Waals surface area contributed by atoms with Crippen LogP contribution in [-0.4, -0.2) is 16.1 Å². The average molecular weight is 347 g/mol. The summed E-state index contributed by atoms with van der Waals surface area (Å²) in [6.45, 7) is 4.26. The molecule has 1 heterocycles. The Morgan fingerprint density at radius 2 is 1.92 bits per heavy atom. The van der Waals surface area contributed by atoms with Gasteiger partial charge in [-0.2, -0.15) is 0 Å². The largest absolute Gasteiger partial charge is 0.300 e. The number of aromatic nitrogens is 2. The predicted octanol–water partition coefficient (Wildman–Crippen LogP) is 4.64. The van der Waals surface area contributed by atoms with Crippen LogP contribution < -0.4 is 5.32 Å². The highest BCUT2D eigenvalue weighted by Crippen LogP contribution is 2.44. The molecule has 0 bridgehead atoms. The van der Waals surface area contributed by atoms with Gasteiger partial charge in [-0.1, -0.05) is 43.7 Å². The minimum atomic E-state index is -0.561. The van der Waals surface area contributed by atoms with E-state index in [0.717, 1.165) is 42.7 Å². The van der Waals surface area contributed by atoms with Crippen LogP contribution in [0.15, 0.2) is 24.3 Å². The summed E-state index contributed by atoms with van der Waals surface area (Å²) in [6, 6.07) is 6.26. The van der Waals surface area contributed by atoms with Crippen LogP contribution in [-0.2, 0) is 10.2 Å². The molecule has 1 saturated carbocycles. The highest BCUT2D eigenvalue weighted by atomic mass is 32.1. The van der Waals surface area contributed by atoms with Gasteiger partial charge in [-0.3, -0.25) is 10.1 Å². The van der Waals surface area contributed by atoms with Crippen molar-refractivity contribution in [3.05, 3.63) is 40.7 Å². The third kappa shape index (κ3) is 3.07. The highest BCUT2D eigenvalue weighted by Gasteiger charge is 2.45. The molecule has 1 aromatic heterocycles. The quantitative estimate of drug-likeness (QED) is 0.828. The van der Waals surface area contributed by atoms with E-state index in [4.69, 9.17) is 0 Å². The number of halogens is 1. The zero-order valence-electron chi connectivity index (χ0n) is 14.0. The van der Waals surface area contributed by atoms with Gasteiger partial charge in [0.05, 0.1) is 5.41 Å². The minimum Gasteiger partial charge on any atom is -0.300 e. The first kappa shape index (κ1) is 17.0. The Bertz CT molecular complexity index is 705. The first-order valence-corrected chi connectivity index (χ1v) is 9.31. The van der Waals surface area contributed by atoms with E-state index in [9.17, 15) is 9.18 Å². The standard InChI is InChI=1S/C18H22FN3OS/c1-3-12(4-2)15-21-22-17(24-15)20-16(23)18(10-5-11-18)13-6-8-14(19)9-7-13/h6-9,12H,3-5,10-11H2,1-2H3,(H,20,22,23). The Balaban J connectivity index is 1.77. The zero-order chi connectivity index (χ0) is 17.2. The van der Waals surface area contributed by atoms with Gasteiger partial charge in [0.15, 0.2) is 0 Å². The summed E-state index contributed by atoms with van der Waals surface area (Å²) in [5.74, 6) is 0.0445. The van der Waals surface area contributed by atoms with E-state index in [-0.39, 0.29) is 11.7 Å². The average Bonchev–Trinajstić information content (AvgIpc) is 2.97. The van der Waals surface area contributed by atoms with Crippen LogP contribution in [0.3, 0.4) is 0 Å². The molecule has 4 nitrogen and oxygen atoms in total. The van der Waals surface area contributed by atoms with E-state index in [1.54, 1.807) is 12.1 Å². The fraction of sp³-hybridized carbons (Fsp3) is 0.500. The fourth-order valence-corrected chi connectivity index (χ4v) is 4.26. The van der Waals surface area contributed by atoms with E-state index in [1.165, 1.54) is 23.5 Å². The van der Waals surface area contributed by atoms with Crippen LogP contribution in [0.4, 0.5) is 9.52 Å². The van der Waals surface area contributed by atoms with Gasteiger partial charge in [0, 0.05) is 5.92 Å². The second-order valence-electron chi connectivity index (χ2n) is 6.36. The number of anilines is 1. The summed E-state index contributed by atoms with van der Waals surface area (Å²) in [5, 5.41) is 12.8. The molecule has 6 heteroatoms. The number of benzene rings is 1. The maximum absolute atomic E-state index is 13.2. The van der Waals surface area contributed by atoms with Gasteiger partial charge < -0.3 is 0 Å². The van der Waals surface area contributed by atoms with Crippen molar-refractivity contribution in [1.82, 2.24) is 10.2 Å². The Kier molecular flexibility index (Phi) is 4.94. The molecule has 1 aliphatic rings. The van der Waals surface area contributed by atoms with Gasteiger partial charge in [0.25, 0.3) is 0 Å². The summed E-state index contributed by atoms with van der Waals surface area (Å²) in [6.07, 6.45) is 4.59. The molecule has 3 rings (SSSR count). The number of nitrogens with one attached hydrogen (secondary N) is 1. The van der Waals surface area contributed by atoms with Crippen LogP contribution in [0.5, 0.6) is 0 Å². The van der Waals surface area contributed by atoms with Crippen molar-refractivity contribution >= 4 is 22.4 Å². The van der Waals surface area contributed by atoms with Crippen molar-refractivity contribution < 1.29 is 9.18 Å². The maximum atomic E-state index is 13.2. The Labute approximate surface area is 145 Å². The lowest BCUT2D eigenvalue weighted by atomic mass is 9.64. The molecule has 0 unspecified atom stereocenters. The molecule has 1 amide bonds. The van der Waals surface area contributed by atoms with Gasteiger partial charge in [-0.25, -0.2) is 4.39 Å². The highest BCUT2D eigenvalue weighted by molar-refractivity contribution is 7.15. The van der Waals surface area contributed by atoms with Crippen molar-refractivity contribution in [2.24, 2.45) is 0 Å². The van der Waals surface area contributed by atoms with Crippen LogP contribution in [0.1, 0.15) is 62.4 Å². The lowest BCUT2D eigenvalue weighted by molar-refractivity contribution is -0.124. The normalized spacial score (nSPS) is 16.0. The number of carbonyl (C=O) groups is 1. The van der Waals surface area contributed by atoms with Gasteiger partial charge in [0.2, 0.25) is 11.0 Å². The maximum Gasteiger partial charge on any atom is 0.236 e. The van der Waals surface area contributed by atoms with Crippen molar-refractivity contribution in [3.8, 4) is 0 Å². The molecular formula is C18H22FN3OS. The van der Waals surface area contributed by atoms with E-state index in [1.807, 2.05) is 0 Å². The predicted molar refractivity (Wildman–Crippen MR) is 93.8 cm³/mol. The lowest BCUT2D eigenvalue weighted by Crippen LogP contribution is -2.46. The van der Waals surface area contributed by atoms with Crippen LogP contribution >= 0.6 is 11.3 Å². The molecule has 0 spiro atoms. The molecule has 0 radical (unpaired) electrons. The summed E-state index contributed by atoms with van der Waals surface area (Å²) < 4.78 is 13.2. The van der Waals surface area contributed by atoms with Gasteiger partial charge in [-0.05, 0) is 43.4 Å². The van der Waals surface area contributed by atoms with Gasteiger partial charge in [0.1, 0.15) is 10.8 Å². The van der Waals surface area contributed by atoms with Crippen molar-refractivity contribution in [2.45, 2.75) is 57.3 Å². The number of carbonyl (C=O) groups excluding carboxylic acids is 1. The van der Waals surface area contributed by atoms with Crippen molar-refractivity contribution in [3.63, 3.8) is 0 Å². The first-order chi connectivity index (χ1) is 11.6. The molecular weight excluding hydrogens is 325 g/mol. The van der Waals surface area contributed by atoms with Crippen LogP contribution in [0.25, 0.3) is 0 Å². The number of amides is 1. The van der Waals surface area contributed by atoms with Crippen LogP contribution in [0.2, 0.25) is 0 Å². The second kappa shape index (κ2) is 6.97. The Morgan fingerprint density at radius 1 is 1.25 bits per heavy atom. The Hall–Kier alpha value is -1.82. The number of hydrogen-bond acceptors (Lipinski definition) is 4. The topological polar surface area (TPSA) is 54.9 Å². The molecule has 1 fully saturated rings. The first-order valence-electron chi connectivity index (χ1n) is 8.50. The SMILES string of the molecule is CCC(CC)c1nnc(NC(=O)C2(c3ccc(F)cc3)CCC2)s1. The molecule has 0 atom stereocenters. The zero-order valence-corrected chi connectivity index (χ0v) is 14.8. The van der Waals surface area contributed by atoms with E-state index in [0.29, 0.717) is 11.0 Å². The van der Waals surface area contributed by atoms with Crippen molar-refractivity contribution in [2.75, 3.05) is 5.32 Å². The number of rotatable bonds is 6. The molecule has 1 aromatic carbocycles. The van der Waals surface area contributed by atoms with Gasteiger partial charge >= 0.3 is 0 Å². The van der Waals surface area contributed by atoms with Crippen LogP contribution in [0, 0.1) is 5.82 Å². The summed E-state index contributed by atoms with van der Waals surface area (Å²) in [7, 11) is 0. The number of hydrogen-bond donors (Lipinski definition) is 1. The monoisotopic (exact) mass is 347 g/mol. The van der Waals surface area contributed by atoms with Crippen molar-refractivity contribution in [1.29, 1.82) is 0 Å². The molecule has 1 N–H and O–H groups in total. The van der Waals surface area contributed by atoms with E-state index >= 15 is 0 Å². The smallest absolute Gasteiger partial charge is 0.236 e. The fourth-order valence-electron chi connectivity index (χ4n) is 3.25. The van der Waals surface area contributed by atoms with E-state index in [2.05, 4.69) is 29.4 Å².